The largest absolute Gasteiger partial charge is 0.398 e. The molecule has 1 aromatic carbocycles. The first-order valence-corrected chi connectivity index (χ1v) is 6.81. The molecule has 0 bridgehead atoms. The maximum absolute atomic E-state index is 12.4. The van der Waals surface area contributed by atoms with Gasteiger partial charge in [0.05, 0.1) is 6.10 Å². The van der Waals surface area contributed by atoms with Gasteiger partial charge in [0.25, 0.3) is 5.91 Å². The summed E-state index contributed by atoms with van der Waals surface area (Å²) in [6.45, 7) is 2.95. The van der Waals surface area contributed by atoms with E-state index in [1.54, 1.807) is 17.0 Å². The van der Waals surface area contributed by atoms with Crippen LogP contribution >= 0.6 is 15.9 Å². The quantitative estimate of drug-likeness (QED) is 0.779. The van der Waals surface area contributed by atoms with E-state index in [2.05, 4.69) is 15.9 Å². The van der Waals surface area contributed by atoms with Crippen molar-refractivity contribution in [2.24, 2.45) is 0 Å². The van der Waals surface area contributed by atoms with E-state index in [1.165, 1.54) is 0 Å². The predicted octanol–water partition coefficient (Wildman–Crippen LogP) is 1.94. The zero-order valence-corrected chi connectivity index (χ0v) is 11.9. The zero-order chi connectivity index (χ0) is 13.3. The Morgan fingerprint density at radius 3 is 2.94 bits per heavy atom. The molecular weight excluding hydrogens is 296 g/mol. The summed E-state index contributed by atoms with van der Waals surface area (Å²) in [5, 5.41) is 9.63. The molecule has 2 rings (SSSR count). The summed E-state index contributed by atoms with van der Waals surface area (Å²) < 4.78 is 0.798. The Labute approximate surface area is 115 Å². The summed E-state index contributed by atoms with van der Waals surface area (Å²) in [6, 6.07) is 3.58. The molecule has 18 heavy (non-hydrogen) atoms. The fourth-order valence-corrected chi connectivity index (χ4v) is 2.71. The molecule has 1 heterocycles. The highest BCUT2D eigenvalue weighted by Gasteiger charge is 2.24. The normalized spacial score (nSPS) is 19.9. The molecule has 0 saturated carbocycles. The summed E-state index contributed by atoms with van der Waals surface area (Å²) in [6.07, 6.45) is 1.20. The van der Waals surface area contributed by atoms with Crippen LogP contribution in [-0.4, -0.2) is 35.1 Å². The minimum absolute atomic E-state index is 0.0562. The van der Waals surface area contributed by atoms with Crippen molar-refractivity contribution in [2.75, 3.05) is 18.8 Å². The third-order valence-corrected chi connectivity index (χ3v) is 3.78. The number of hydrogen-bond acceptors (Lipinski definition) is 3. The van der Waals surface area contributed by atoms with E-state index in [0.29, 0.717) is 24.3 Å². The van der Waals surface area contributed by atoms with Gasteiger partial charge < -0.3 is 15.7 Å². The second-order valence-electron chi connectivity index (χ2n) is 4.71. The Balaban J connectivity index is 2.28. The summed E-state index contributed by atoms with van der Waals surface area (Å²) in [4.78, 5) is 14.1. The van der Waals surface area contributed by atoms with Crippen molar-refractivity contribution in [1.82, 2.24) is 4.90 Å². The molecule has 0 spiro atoms. The van der Waals surface area contributed by atoms with E-state index in [4.69, 9.17) is 5.73 Å². The van der Waals surface area contributed by atoms with Gasteiger partial charge in [0.1, 0.15) is 0 Å². The average Bonchev–Trinajstić information content (AvgIpc) is 2.33. The molecule has 1 atom stereocenters. The van der Waals surface area contributed by atoms with Gasteiger partial charge in [-0.05, 0) is 37.5 Å². The molecule has 0 aliphatic carbocycles. The number of β-amino-alcohol motifs (C(OH)–C–C–N with tert-alkyl or cyclic N) is 1. The highest BCUT2D eigenvalue weighted by Crippen LogP contribution is 2.25. The molecule has 1 aliphatic heterocycles. The number of carbonyl (C=O) groups excluding carboxylic acids is 1. The predicted molar refractivity (Wildman–Crippen MR) is 74.4 cm³/mol. The number of rotatable bonds is 1. The number of halogens is 1. The molecule has 1 fully saturated rings. The third-order valence-electron chi connectivity index (χ3n) is 3.33. The SMILES string of the molecule is Cc1c(N)cc(Br)cc1C(=O)N1CCCC(O)C1. The monoisotopic (exact) mass is 312 g/mol. The van der Waals surface area contributed by atoms with Crippen LogP contribution in [0, 0.1) is 6.92 Å². The van der Waals surface area contributed by atoms with E-state index in [0.717, 1.165) is 22.9 Å². The standard InChI is InChI=1S/C13H17BrN2O2/c1-8-11(5-9(14)6-12(8)15)13(18)16-4-2-3-10(17)7-16/h5-6,10,17H,2-4,7,15H2,1H3. The number of carbonyl (C=O) groups is 1. The van der Waals surface area contributed by atoms with Crippen molar-refractivity contribution in [3.63, 3.8) is 0 Å². The number of aliphatic hydroxyl groups excluding tert-OH is 1. The number of aliphatic hydroxyl groups is 1. The minimum atomic E-state index is -0.410. The number of amides is 1. The molecule has 1 saturated heterocycles. The van der Waals surface area contributed by atoms with Gasteiger partial charge >= 0.3 is 0 Å². The second kappa shape index (κ2) is 5.28. The van der Waals surface area contributed by atoms with E-state index in [9.17, 15) is 9.90 Å². The Bertz CT molecular complexity index is 476. The Kier molecular flexibility index (Phi) is 3.92. The highest BCUT2D eigenvalue weighted by molar-refractivity contribution is 9.10. The lowest BCUT2D eigenvalue weighted by atomic mass is 10.0. The summed E-state index contributed by atoms with van der Waals surface area (Å²) in [7, 11) is 0. The van der Waals surface area contributed by atoms with E-state index < -0.39 is 6.10 Å². The number of nitrogen functional groups attached to an aromatic ring is 1. The summed E-state index contributed by atoms with van der Waals surface area (Å²) >= 11 is 3.35. The van der Waals surface area contributed by atoms with Crippen LogP contribution in [0.2, 0.25) is 0 Å². The molecule has 98 valence electrons. The molecule has 1 aromatic rings. The minimum Gasteiger partial charge on any atom is -0.398 e. The number of likely N-dealkylation sites (tertiary alicyclic amines) is 1. The van der Waals surface area contributed by atoms with E-state index in [-0.39, 0.29) is 5.91 Å². The van der Waals surface area contributed by atoms with Gasteiger partial charge in [-0.1, -0.05) is 15.9 Å². The number of nitrogens with two attached hydrogens (primary N) is 1. The summed E-state index contributed by atoms with van der Waals surface area (Å²) in [5.41, 5.74) is 7.87. The van der Waals surface area contributed by atoms with Crippen LogP contribution in [0.1, 0.15) is 28.8 Å². The molecule has 0 radical (unpaired) electrons. The highest BCUT2D eigenvalue weighted by atomic mass is 79.9. The fraction of sp³-hybridized carbons (Fsp3) is 0.462. The van der Waals surface area contributed by atoms with Gasteiger partial charge in [0.2, 0.25) is 0 Å². The lowest BCUT2D eigenvalue weighted by Gasteiger charge is -2.30. The van der Waals surface area contributed by atoms with E-state index >= 15 is 0 Å². The second-order valence-corrected chi connectivity index (χ2v) is 5.63. The fourth-order valence-electron chi connectivity index (χ4n) is 2.23. The number of nitrogens with zero attached hydrogens (tertiary/aromatic N) is 1. The van der Waals surface area contributed by atoms with Crippen LogP contribution in [0.5, 0.6) is 0 Å². The van der Waals surface area contributed by atoms with Crippen LogP contribution in [0.15, 0.2) is 16.6 Å². The maximum atomic E-state index is 12.4. The molecule has 3 N–H and O–H groups in total. The molecule has 5 heteroatoms. The first-order chi connectivity index (χ1) is 8.49. The smallest absolute Gasteiger partial charge is 0.254 e. The first-order valence-electron chi connectivity index (χ1n) is 6.02. The maximum Gasteiger partial charge on any atom is 0.254 e. The molecule has 1 amide bonds. The van der Waals surface area contributed by atoms with Crippen LogP contribution in [0.4, 0.5) is 5.69 Å². The van der Waals surface area contributed by atoms with Crippen molar-refractivity contribution < 1.29 is 9.90 Å². The van der Waals surface area contributed by atoms with Gasteiger partial charge in [-0.3, -0.25) is 4.79 Å². The Hall–Kier alpha value is -1.07. The van der Waals surface area contributed by atoms with Crippen LogP contribution < -0.4 is 5.73 Å². The van der Waals surface area contributed by atoms with Crippen molar-refractivity contribution in [1.29, 1.82) is 0 Å². The van der Waals surface area contributed by atoms with Gasteiger partial charge in [-0.2, -0.15) is 0 Å². The van der Waals surface area contributed by atoms with Crippen LogP contribution in [0.3, 0.4) is 0 Å². The first kappa shape index (κ1) is 13.4. The van der Waals surface area contributed by atoms with Crippen LogP contribution in [-0.2, 0) is 0 Å². The lowest BCUT2D eigenvalue weighted by Crippen LogP contribution is -2.42. The third kappa shape index (κ3) is 2.67. The number of hydrogen-bond donors (Lipinski definition) is 2. The van der Waals surface area contributed by atoms with Gasteiger partial charge in [-0.25, -0.2) is 0 Å². The summed E-state index contributed by atoms with van der Waals surface area (Å²) in [5.74, 6) is -0.0562. The Morgan fingerprint density at radius 1 is 1.56 bits per heavy atom. The average molecular weight is 313 g/mol. The Morgan fingerprint density at radius 2 is 2.28 bits per heavy atom. The number of benzene rings is 1. The topological polar surface area (TPSA) is 66.6 Å². The van der Waals surface area contributed by atoms with Crippen molar-refractivity contribution in [2.45, 2.75) is 25.9 Å². The molecule has 4 nitrogen and oxygen atoms in total. The zero-order valence-electron chi connectivity index (χ0n) is 10.3. The molecule has 1 unspecified atom stereocenters. The van der Waals surface area contributed by atoms with Crippen molar-refractivity contribution >= 4 is 27.5 Å². The number of piperidine rings is 1. The molecular formula is C13H17BrN2O2. The van der Waals surface area contributed by atoms with Gasteiger partial charge in [0.15, 0.2) is 0 Å². The lowest BCUT2D eigenvalue weighted by molar-refractivity contribution is 0.0473. The van der Waals surface area contributed by atoms with E-state index in [1.807, 2.05) is 6.92 Å². The van der Waals surface area contributed by atoms with Crippen molar-refractivity contribution in [3.8, 4) is 0 Å². The van der Waals surface area contributed by atoms with Gasteiger partial charge in [-0.15, -0.1) is 0 Å². The van der Waals surface area contributed by atoms with Crippen molar-refractivity contribution in [3.05, 3.63) is 27.7 Å². The molecule has 1 aliphatic rings. The van der Waals surface area contributed by atoms with Gasteiger partial charge in [0, 0.05) is 28.8 Å². The number of anilines is 1. The van der Waals surface area contributed by atoms with Crippen LogP contribution in [0.25, 0.3) is 0 Å². The molecule has 0 aromatic heterocycles.